The van der Waals surface area contributed by atoms with Gasteiger partial charge in [-0.05, 0) is 6.92 Å². The molecule has 9 heteroatoms. The summed E-state index contributed by atoms with van der Waals surface area (Å²) in [6.07, 6.45) is -3.69. The molecule has 0 aromatic carbocycles. The van der Waals surface area contributed by atoms with Crippen molar-refractivity contribution in [1.29, 1.82) is 0 Å². The van der Waals surface area contributed by atoms with Crippen LogP contribution in [0.25, 0.3) is 11.2 Å². The van der Waals surface area contributed by atoms with Crippen molar-refractivity contribution in [2.24, 2.45) is 0 Å². The second-order valence-electron chi connectivity index (χ2n) is 4.75. The van der Waals surface area contributed by atoms with Crippen molar-refractivity contribution in [3.8, 4) is 0 Å². The molecule has 3 rings (SSSR count). The van der Waals surface area contributed by atoms with Gasteiger partial charge in [0.1, 0.15) is 24.1 Å². The standard InChI is InChI=1S/C11H14FN5O3/c1-4(18)8-7(19)5(12)11(20-8)17-3-16-6-9(13)14-2-15-10(6)17/h2-5,7-8,11,18-19H,1H3,(H2,13,14,15)/t4-,5+,7-,8?,11+/m0/s1. The minimum Gasteiger partial charge on any atom is -0.391 e. The van der Waals surface area contributed by atoms with Crippen molar-refractivity contribution in [3.05, 3.63) is 12.7 Å². The lowest BCUT2D eigenvalue weighted by molar-refractivity contribution is -0.0761. The molecule has 0 radical (unpaired) electrons. The maximum atomic E-state index is 14.2. The molecule has 2 aromatic heterocycles. The average molecular weight is 283 g/mol. The van der Waals surface area contributed by atoms with E-state index in [4.69, 9.17) is 10.5 Å². The van der Waals surface area contributed by atoms with Gasteiger partial charge < -0.3 is 20.7 Å². The topological polar surface area (TPSA) is 119 Å². The van der Waals surface area contributed by atoms with E-state index in [0.717, 1.165) is 0 Å². The predicted molar refractivity (Wildman–Crippen MR) is 66.2 cm³/mol. The van der Waals surface area contributed by atoms with E-state index < -0.39 is 30.7 Å². The zero-order valence-corrected chi connectivity index (χ0v) is 10.6. The van der Waals surface area contributed by atoms with Crippen molar-refractivity contribution >= 4 is 17.0 Å². The number of hydrogen-bond acceptors (Lipinski definition) is 7. The minimum absolute atomic E-state index is 0.176. The monoisotopic (exact) mass is 283 g/mol. The van der Waals surface area contributed by atoms with Crippen LogP contribution in [0.5, 0.6) is 0 Å². The number of aliphatic hydroxyl groups is 2. The van der Waals surface area contributed by atoms with Gasteiger partial charge >= 0.3 is 0 Å². The van der Waals surface area contributed by atoms with Crippen LogP contribution in [0.2, 0.25) is 0 Å². The lowest BCUT2D eigenvalue weighted by atomic mass is 10.1. The maximum absolute atomic E-state index is 14.2. The molecule has 1 fully saturated rings. The highest BCUT2D eigenvalue weighted by molar-refractivity contribution is 5.81. The number of anilines is 1. The van der Waals surface area contributed by atoms with E-state index in [0.29, 0.717) is 11.2 Å². The van der Waals surface area contributed by atoms with Crippen molar-refractivity contribution < 1.29 is 19.3 Å². The Morgan fingerprint density at radius 1 is 1.45 bits per heavy atom. The van der Waals surface area contributed by atoms with Crippen LogP contribution in [0.1, 0.15) is 13.2 Å². The van der Waals surface area contributed by atoms with Gasteiger partial charge in [0, 0.05) is 0 Å². The third kappa shape index (κ3) is 1.82. The molecular weight excluding hydrogens is 269 g/mol. The van der Waals surface area contributed by atoms with Gasteiger partial charge in [0.25, 0.3) is 0 Å². The first-order valence-corrected chi connectivity index (χ1v) is 6.09. The third-order valence-corrected chi connectivity index (χ3v) is 3.37. The lowest BCUT2D eigenvalue weighted by Crippen LogP contribution is -2.35. The summed E-state index contributed by atoms with van der Waals surface area (Å²) < 4.78 is 20.9. The first-order valence-electron chi connectivity index (χ1n) is 6.09. The van der Waals surface area contributed by atoms with E-state index >= 15 is 0 Å². The molecule has 0 aliphatic carbocycles. The summed E-state index contributed by atoms with van der Waals surface area (Å²) in [7, 11) is 0. The van der Waals surface area contributed by atoms with Gasteiger partial charge in [-0.1, -0.05) is 0 Å². The molecule has 2 aromatic rings. The second-order valence-corrected chi connectivity index (χ2v) is 4.75. The van der Waals surface area contributed by atoms with Crippen molar-refractivity contribution in [2.45, 2.75) is 37.6 Å². The molecule has 8 nitrogen and oxygen atoms in total. The first kappa shape index (κ1) is 13.2. The van der Waals surface area contributed by atoms with Crippen LogP contribution >= 0.6 is 0 Å². The summed E-state index contributed by atoms with van der Waals surface area (Å²) in [5.74, 6) is 0.176. The molecule has 3 heterocycles. The summed E-state index contributed by atoms with van der Waals surface area (Å²) in [6, 6.07) is 0. The van der Waals surface area contributed by atoms with Gasteiger partial charge in [0.2, 0.25) is 0 Å². The van der Waals surface area contributed by atoms with Gasteiger partial charge in [-0.15, -0.1) is 0 Å². The zero-order chi connectivity index (χ0) is 14.4. The fourth-order valence-corrected chi connectivity index (χ4v) is 2.34. The summed E-state index contributed by atoms with van der Waals surface area (Å²) >= 11 is 0. The average Bonchev–Trinajstić information content (AvgIpc) is 2.94. The minimum atomic E-state index is -1.71. The number of ether oxygens (including phenoxy) is 1. The van der Waals surface area contributed by atoms with Crippen LogP contribution in [-0.2, 0) is 4.74 Å². The van der Waals surface area contributed by atoms with Crippen LogP contribution in [0.4, 0.5) is 10.2 Å². The van der Waals surface area contributed by atoms with E-state index in [1.54, 1.807) is 0 Å². The molecular formula is C11H14FN5O3. The first-order chi connectivity index (χ1) is 9.50. The summed E-state index contributed by atoms with van der Waals surface area (Å²) in [5.41, 5.74) is 6.30. The van der Waals surface area contributed by atoms with Gasteiger partial charge in [-0.25, -0.2) is 19.3 Å². The van der Waals surface area contributed by atoms with Crippen LogP contribution in [0, 0.1) is 0 Å². The van der Waals surface area contributed by atoms with Crippen molar-refractivity contribution in [1.82, 2.24) is 19.5 Å². The molecule has 1 saturated heterocycles. The highest BCUT2D eigenvalue weighted by Gasteiger charge is 2.47. The Morgan fingerprint density at radius 2 is 2.20 bits per heavy atom. The van der Waals surface area contributed by atoms with Gasteiger partial charge in [-0.3, -0.25) is 4.57 Å². The Balaban J connectivity index is 2.02. The maximum Gasteiger partial charge on any atom is 0.173 e. The predicted octanol–water partition coefficient (Wildman–Crippen LogP) is -0.614. The third-order valence-electron chi connectivity index (χ3n) is 3.37. The zero-order valence-electron chi connectivity index (χ0n) is 10.6. The largest absolute Gasteiger partial charge is 0.391 e. The van der Waals surface area contributed by atoms with E-state index in [9.17, 15) is 14.6 Å². The molecule has 0 bridgehead atoms. The van der Waals surface area contributed by atoms with Crippen LogP contribution in [0.15, 0.2) is 12.7 Å². The molecule has 108 valence electrons. The number of imidazole rings is 1. The summed E-state index contributed by atoms with van der Waals surface area (Å²) in [4.78, 5) is 11.8. The molecule has 0 saturated carbocycles. The number of nitrogen functional groups attached to an aromatic ring is 1. The normalized spacial score (nSPS) is 31.8. The molecule has 4 N–H and O–H groups in total. The highest BCUT2D eigenvalue weighted by atomic mass is 19.1. The fraction of sp³-hybridized carbons (Fsp3) is 0.545. The van der Waals surface area contributed by atoms with Crippen LogP contribution in [-0.4, -0.2) is 54.2 Å². The SMILES string of the molecule is C[C@H](O)C1O[C@@H](n2cnc3c(N)ncnc32)[C@H](F)[C@@H]1O. The van der Waals surface area contributed by atoms with Crippen LogP contribution in [0.3, 0.4) is 0 Å². The molecule has 1 aliphatic heterocycles. The molecule has 1 unspecified atom stereocenters. The Kier molecular flexibility index (Phi) is 3.04. The lowest BCUT2D eigenvalue weighted by Gasteiger charge is -2.17. The molecule has 20 heavy (non-hydrogen) atoms. The molecule has 0 spiro atoms. The number of nitrogens with zero attached hydrogens (tertiary/aromatic N) is 4. The molecule has 1 aliphatic rings. The van der Waals surface area contributed by atoms with E-state index in [-0.39, 0.29) is 5.82 Å². The number of aliphatic hydroxyl groups excluding tert-OH is 2. The smallest absolute Gasteiger partial charge is 0.173 e. The Labute approximate surface area is 113 Å². The van der Waals surface area contributed by atoms with Crippen LogP contribution < -0.4 is 5.73 Å². The number of halogens is 1. The Hall–Kier alpha value is -1.84. The number of fused-ring (bicyclic) bond motifs is 1. The number of nitrogens with two attached hydrogens (primary N) is 1. The molecule has 0 amide bonds. The number of rotatable bonds is 2. The number of alkyl halides is 1. The second kappa shape index (κ2) is 4.62. The Bertz CT molecular complexity index is 634. The van der Waals surface area contributed by atoms with E-state index in [1.807, 2.05) is 0 Å². The van der Waals surface area contributed by atoms with E-state index in [2.05, 4.69) is 15.0 Å². The van der Waals surface area contributed by atoms with Gasteiger partial charge in [0.05, 0.1) is 12.4 Å². The van der Waals surface area contributed by atoms with Gasteiger partial charge in [0.15, 0.2) is 23.9 Å². The highest BCUT2D eigenvalue weighted by Crippen LogP contribution is 2.35. The fourth-order valence-electron chi connectivity index (χ4n) is 2.34. The summed E-state index contributed by atoms with van der Waals surface area (Å²) in [5, 5.41) is 19.3. The Morgan fingerprint density at radius 3 is 2.85 bits per heavy atom. The molecule has 5 atom stereocenters. The van der Waals surface area contributed by atoms with Crippen molar-refractivity contribution in [3.63, 3.8) is 0 Å². The van der Waals surface area contributed by atoms with Gasteiger partial charge in [-0.2, -0.15) is 0 Å². The number of hydrogen-bond donors (Lipinski definition) is 3. The van der Waals surface area contributed by atoms with Crippen molar-refractivity contribution in [2.75, 3.05) is 5.73 Å². The van der Waals surface area contributed by atoms with E-state index in [1.165, 1.54) is 24.1 Å². The summed E-state index contributed by atoms with van der Waals surface area (Å²) in [6.45, 7) is 1.43. The number of aromatic nitrogens is 4. The quantitative estimate of drug-likeness (QED) is 0.672.